The van der Waals surface area contributed by atoms with E-state index in [9.17, 15) is 0 Å². The summed E-state index contributed by atoms with van der Waals surface area (Å²) in [5.74, 6) is 1.91. The van der Waals surface area contributed by atoms with Crippen molar-refractivity contribution in [1.82, 2.24) is 10.2 Å². The van der Waals surface area contributed by atoms with E-state index in [-0.39, 0.29) is 0 Å². The number of nitrogens with one attached hydrogen (secondary N) is 1. The minimum Gasteiger partial charge on any atom is -0.317 e. The van der Waals surface area contributed by atoms with Gasteiger partial charge in [0.15, 0.2) is 0 Å². The number of nitrogens with zero attached hydrogens (tertiary/aromatic N) is 1. The smallest absolute Gasteiger partial charge is 0.0104 e. The summed E-state index contributed by atoms with van der Waals surface area (Å²) in [7, 11) is 4.45. The monoisotopic (exact) mass is 224 g/mol. The van der Waals surface area contributed by atoms with Crippen LogP contribution in [0.2, 0.25) is 0 Å². The van der Waals surface area contributed by atoms with Gasteiger partial charge in [-0.3, -0.25) is 0 Å². The molecule has 2 unspecified atom stereocenters. The van der Waals surface area contributed by atoms with Gasteiger partial charge in [-0.25, -0.2) is 0 Å². The van der Waals surface area contributed by atoms with Crippen LogP contribution in [0.1, 0.15) is 44.9 Å². The largest absolute Gasteiger partial charge is 0.317 e. The van der Waals surface area contributed by atoms with Crippen molar-refractivity contribution < 1.29 is 0 Å². The van der Waals surface area contributed by atoms with Crippen molar-refractivity contribution >= 4 is 0 Å². The van der Waals surface area contributed by atoms with Gasteiger partial charge in [0.05, 0.1) is 0 Å². The van der Waals surface area contributed by atoms with E-state index in [2.05, 4.69) is 24.3 Å². The lowest BCUT2D eigenvalue weighted by Crippen LogP contribution is -2.43. The molecule has 2 rings (SSSR count). The Labute approximate surface area is 101 Å². The Morgan fingerprint density at radius 3 is 2.38 bits per heavy atom. The minimum atomic E-state index is 0.776. The lowest BCUT2D eigenvalue weighted by Gasteiger charge is -2.36. The zero-order valence-corrected chi connectivity index (χ0v) is 11.0. The molecule has 0 spiro atoms. The zero-order chi connectivity index (χ0) is 11.4. The highest BCUT2D eigenvalue weighted by molar-refractivity contribution is 4.82. The fourth-order valence-corrected chi connectivity index (χ4v) is 3.40. The van der Waals surface area contributed by atoms with Crippen LogP contribution in [-0.4, -0.2) is 38.1 Å². The fourth-order valence-electron chi connectivity index (χ4n) is 3.40. The van der Waals surface area contributed by atoms with Gasteiger partial charge < -0.3 is 10.2 Å². The topological polar surface area (TPSA) is 15.3 Å². The summed E-state index contributed by atoms with van der Waals surface area (Å²) in [4.78, 5) is 2.59. The van der Waals surface area contributed by atoms with Crippen LogP contribution in [0.5, 0.6) is 0 Å². The Morgan fingerprint density at radius 1 is 1.00 bits per heavy atom. The molecule has 0 aromatic carbocycles. The Hall–Kier alpha value is -0.0800. The van der Waals surface area contributed by atoms with Crippen LogP contribution in [0.25, 0.3) is 0 Å². The van der Waals surface area contributed by atoms with Crippen LogP contribution in [0.4, 0.5) is 0 Å². The van der Waals surface area contributed by atoms with Crippen molar-refractivity contribution in [2.24, 2.45) is 11.8 Å². The molecule has 0 radical (unpaired) electrons. The Bertz CT molecular complexity index is 201. The molecule has 0 saturated heterocycles. The van der Waals surface area contributed by atoms with Crippen LogP contribution >= 0.6 is 0 Å². The summed E-state index contributed by atoms with van der Waals surface area (Å²) in [6, 6.07) is 0.776. The lowest BCUT2D eigenvalue weighted by molar-refractivity contribution is 0.152. The first-order chi connectivity index (χ1) is 7.79. The highest BCUT2D eigenvalue weighted by Crippen LogP contribution is 2.28. The molecule has 0 aliphatic heterocycles. The summed E-state index contributed by atoms with van der Waals surface area (Å²) < 4.78 is 0. The van der Waals surface area contributed by atoms with E-state index in [0.717, 1.165) is 17.9 Å². The summed E-state index contributed by atoms with van der Waals surface area (Å²) in [5, 5.41) is 3.51. The first-order valence-corrected chi connectivity index (χ1v) is 7.15. The highest BCUT2D eigenvalue weighted by atomic mass is 15.1. The summed E-state index contributed by atoms with van der Waals surface area (Å²) in [6.07, 6.45) is 10.1. The van der Waals surface area contributed by atoms with Crippen LogP contribution in [-0.2, 0) is 0 Å². The second-order valence-electron chi connectivity index (χ2n) is 5.96. The van der Waals surface area contributed by atoms with E-state index in [1.165, 1.54) is 58.0 Å². The van der Waals surface area contributed by atoms with Gasteiger partial charge in [0.1, 0.15) is 0 Å². The Morgan fingerprint density at radius 2 is 1.75 bits per heavy atom. The standard InChI is InChI=1S/C14H28N2/c1-15-14-9-4-3-8-13(14)11-16(2)10-12-6-5-7-12/h12-15H,3-11H2,1-2H3. The molecule has 2 fully saturated rings. The predicted molar refractivity (Wildman–Crippen MR) is 69.6 cm³/mol. The molecule has 0 aromatic heterocycles. The predicted octanol–water partition coefficient (Wildman–Crippen LogP) is 2.50. The summed E-state index contributed by atoms with van der Waals surface area (Å²) in [6.45, 7) is 2.65. The molecular weight excluding hydrogens is 196 g/mol. The van der Waals surface area contributed by atoms with E-state index in [1.54, 1.807) is 0 Å². The van der Waals surface area contributed by atoms with Gasteiger partial charge >= 0.3 is 0 Å². The molecule has 1 N–H and O–H groups in total. The molecule has 0 bridgehead atoms. The summed E-state index contributed by atoms with van der Waals surface area (Å²) in [5.41, 5.74) is 0. The number of hydrogen-bond donors (Lipinski definition) is 1. The molecule has 2 nitrogen and oxygen atoms in total. The van der Waals surface area contributed by atoms with Crippen molar-refractivity contribution in [3.63, 3.8) is 0 Å². The first kappa shape index (κ1) is 12.4. The van der Waals surface area contributed by atoms with Crippen molar-refractivity contribution in [3.05, 3.63) is 0 Å². The fraction of sp³-hybridized carbons (Fsp3) is 1.00. The van der Waals surface area contributed by atoms with Crippen molar-refractivity contribution in [2.45, 2.75) is 51.0 Å². The van der Waals surface area contributed by atoms with Crippen molar-refractivity contribution in [3.8, 4) is 0 Å². The second kappa shape index (κ2) is 6.02. The van der Waals surface area contributed by atoms with Gasteiger partial charge in [-0.15, -0.1) is 0 Å². The van der Waals surface area contributed by atoms with Gasteiger partial charge in [0.25, 0.3) is 0 Å². The average Bonchev–Trinajstić information content (AvgIpc) is 2.24. The maximum atomic E-state index is 3.51. The van der Waals surface area contributed by atoms with Crippen LogP contribution in [0.15, 0.2) is 0 Å². The molecule has 0 aromatic rings. The molecule has 2 heteroatoms. The van der Waals surface area contributed by atoms with Gasteiger partial charge in [0.2, 0.25) is 0 Å². The van der Waals surface area contributed by atoms with Crippen LogP contribution < -0.4 is 5.32 Å². The maximum Gasteiger partial charge on any atom is 0.0104 e. The highest BCUT2D eigenvalue weighted by Gasteiger charge is 2.26. The van der Waals surface area contributed by atoms with Gasteiger partial charge in [-0.2, -0.15) is 0 Å². The molecular formula is C14H28N2. The molecule has 2 aliphatic carbocycles. The summed E-state index contributed by atoms with van der Waals surface area (Å²) >= 11 is 0. The number of rotatable bonds is 5. The third-order valence-corrected chi connectivity index (χ3v) is 4.62. The number of hydrogen-bond acceptors (Lipinski definition) is 2. The molecule has 2 saturated carbocycles. The van der Waals surface area contributed by atoms with Gasteiger partial charge in [0, 0.05) is 19.1 Å². The quantitative estimate of drug-likeness (QED) is 0.772. The third kappa shape index (κ3) is 3.21. The molecule has 2 atom stereocenters. The molecule has 2 aliphatic rings. The molecule has 94 valence electrons. The van der Waals surface area contributed by atoms with E-state index in [0.29, 0.717) is 0 Å². The normalized spacial score (nSPS) is 31.7. The third-order valence-electron chi connectivity index (χ3n) is 4.62. The van der Waals surface area contributed by atoms with E-state index >= 15 is 0 Å². The zero-order valence-electron chi connectivity index (χ0n) is 11.0. The minimum absolute atomic E-state index is 0.776. The van der Waals surface area contributed by atoms with Gasteiger partial charge in [-0.1, -0.05) is 19.3 Å². The van der Waals surface area contributed by atoms with Crippen molar-refractivity contribution in [2.75, 3.05) is 27.2 Å². The molecule has 16 heavy (non-hydrogen) atoms. The average molecular weight is 224 g/mol. The van der Waals surface area contributed by atoms with E-state index < -0.39 is 0 Å². The molecule has 0 amide bonds. The molecule has 0 heterocycles. The van der Waals surface area contributed by atoms with Crippen LogP contribution in [0, 0.1) is 11.8 Å². The second-order valence-corrected chi connectivity index (χ2v) is 5.96. The van der Waals surface area contributed by atoms with E-state index in [1.807, 2.05) is 0 Å². The Balaban J connectivity index is 1.72. The van der Waals surface area contributed by atoms with Crippen molar-refractivity contribution in [1.29, 1.82) is 0 Å². The SMILES string of the molecule is CNC1CCCCC1CN(C)CC1CCC1. The maximum absolute atomic E-state index is 3.51. The first-order valence-electron chi connectivity index (χ1n) is 7.15. The van der Waals surface area contributed by atoms with Crippen LogP contribution in [0.3, 0.4) is 0 Å². The van der Waals surface area contributed by atoms with Gasteiger partial charge in [-0.05, 0) is 51.6 Å². The Kier molecular flexibility index (Phi) is 4.66. The lowest BCUT2D eigenvalue weighted by atomic mass is 9.82. The van der Waals surface area contributed by atoms with E-state index in [4.69, 9.17) is 0 Å².